The number of carbonyl (C=O) groups excluding carboxylic acids is 2. The standard InChI is InChI=1S/C24H15ClF5N3O4S/c25-16-2-1-12(26)8-15(16)21-20-17(32-22(34)10-5-11(24(28,29)30)7-13(27)6-10)9-18-14(19(20)23(35)33-21)3-4-31-38(18,36)37/h1-2,5-9,21,31H,3-4H2,(H,32,34)(H,33,35). The highest BCUT2D eigenvalue weighted by Gasteiger charge is 2.40. The van der Waals surface area contributed by atoms with Gasteiger partial charge in [0.2, 0.25) is 10.0 Å². The highest BCUT2D eigenvalue weighted by Crippen LogP contribution is 2.44. The predicted molar refractivity (Wildman–Crippen MR) is 125 cm³/mol. The number of sulfonamides is 1. The van der Waals surface area contributed by atoms with Gasteiger partial charge < -0.3 is 10.6 Å². The van der Waals surface area contributed by atoms with E-state index < -0.39 is 56.8 Å². The van der Waals surface area contributed by atoms with Crippen molar-refractivity contribution in [1.29, 1.82) is 0 Å². The smallest absolute Gasteiger partial charge is 0.341 e. The Kier molecular flexibility index (Phi) is 6.20. The van der Waals surface area contributed by atoms with Crippen LogP contribution in [0.5, 0.6) is 0 Å². The van der Waals surface area contributed by atoms with Gasteiger partial charge in [-0.05, 0) is 54.4 Å². The number of benzene rings is 3. The highest BCUT2D eigenvalue weighted by atomic mass is 35.5. The Hall–Kier alpha value is -3.55. The van der Waals surface area contributed by atoms with Crippen LogP contribution in [0.4, 0.5) is 27.6 Å². The summed E-state index contributed by atoms with van der Waals surface area (Å²) < 4.78 is 95.4. The third-order valence-electron chi connectivity index (χ3n) is 6.19. The Morgan fingerprint density at radius 3 is 2.50 bits per heavy atom. The third kappa shape index (κ3) is 4.50. The van der Waals surface area contributed by atoms with Gasteiger partial charge in [-0.3, -0.25) is 9.59 Å². The minimum Gasteiger partial charge on any atom is -0.341 e. The summed E-state index contributed by atoms with van der Waals surface area (Å²) in [6, 6.07) is 4.51. The fraction of sp³-hybridized carbons (Fsp3) is 0.167. The zero-order chi connectivity index (χ0) is 27.6. The summed E-state index contributed by atoms with van der Waals surface area (Å²) in [5, 5.41) is 4.97. The van der Waals surface area contributed by atoms with E-state index >= 15 is 0 Å². The number of nitrogens with one attached hydrogen (secondary N) is 3. The Morgan fingerprint density at radius 1 is 1.05 bits per heavy atom. The van der Waals surface area contributed by atoms with Crippen LogP contribution in [0.1, 0.15) is 49.0 Å². The molecule has 1 unspecified atom stereocenters. The van der Waals surface area contributed by atoms with Gasteiger partial charge >= 0.3 is 6.18 Å². The molecule has 2 aliphatic rings. The monoisotopic (exact) mass is 571 g/mol. The molecule has 0 bridgehead atoms. The lowest BCUT2D eigenvalue weighted by molar-refractivity contribution is -0.137. The van der Waals surface area contributed by atoms with Crippen LogP contribution in [-0.2, 0) is 22.6 Å². The van der Waals surface area contributed by atoms with Crippen molar-refractivity contribution in [3.63, 3.8) is 0 Å². The van der Waals surface area contributed by atoms with Crippen molar-refractivity contribution >= 4 is 39.1 Å². The van der Waals surface area contributed by atoms with Crippen molar-refractivity contribution in [3.05, 3.63) is 92.5 Å². The van der Waals surface area contributed by atoms with Crippen LogP contribution in [-0.4, -0.2) is 26.8 Å². The molecule has 7 nitrogen and oxygen atoms in total. The molecule has 2 amide bonds. The first kappa shape index (κ1) is 26.1. The second kappa shape index (κ2) is 9.03. The largest absolute Gasteiger partial charge is 0.416 e. The van der Waals surface area contributed by atoms with Gasteiger partial charge in [0.25, 0.3) is 11.8 Å². The molecule has 38 heavy (non-hydrogen) atoms. The molecule has 3 N–H and O–H groups in total. The number of fused-ring (bicyclic) bond motifs is 3. The van der Waals surface area contributed by atoms with E-state index in [9.17, 15) is 40.0 Å². The first-order valence-electron chi connectivity index (χ1n) is 10.9. The molecule has 1 atom stereocenters. The van der Waals surface area contributed by atoms with Gasteiger partial charge in [-0.1, -0.05) is 11.6 Å². The van der Waals surface area contributed by atoms with Gasteiger partial charge in [-0.15, -0.1) is 0 Å². The molecule has 0 fully saturated rings. The lowest BCUT2D eigenvalue weighted by atomic mass is 9.92. The molecule has 14 heteroatoms. The van der Waals surface area contributed by atoms with Gasteiger partial charge in [0.1, 0.15) is 11.6 Å². The van der Waals surface area contributed by atoms with E-state index in [1.54, 1.807) is 0 Å². The number of alkyl halides is 3. The summed E-state index contributed by atoms with van der Waals surface area (Å²) in [6.45, 7) is -0.0182. The molecule has 0 saturated heterocycles. The number of hydrogen-bond acceptors (Lipinski definition) is 4. The molecule has 0 radical (unpaired) electrons. The molecule has 0 aromatic heterocycles. The number of amides is 2. The van der Waals surface area contributed by atoms with E-state index in [1.165, 1.54) is 6.07 Å². The Balaban J connectivity index is 1.70. The molecule has 3 aromatic carbocycles. The lowest BCUT2D eigenvalue weighted by Gasteiger charge is -2.23. The minimum atomic E-state index is -4.94. The van der Waals surface area contributed by atoms with E-state index in [1.807, 2.05) is 0 Å². The van der Waals surface area contributed by atoms with Crippen LogP contribution in [0.15, 0.2) is 47.4 Å². The third-order valence-corrected chi connectivity index (χ3v) is 8.06. The number of rotatable bonds is 3. The fourth-order valence-electron chi connectivity index (χ4n) is 4.58. The zero-order valence-corrected chi connectivity index (χ0v) is 20.4. The summed E-state index contributed by atoms with van der Waals surface area (Å²) in [6.07, 6.45) is -4.83. The van der Waals surface area contributed by atoms with E-state index in [0.717, 1.165) is 18.2 Å². The van der Waals surface area contributed by atoms with Crippen LogP contribution in [0.25, 0.3) is 0 Å². The summed E-state index contributed by atoms with van der Waals surface area (Å²) in [5.41, 5.74) is -2.20. The van der Waals surface area contributed by atoms with Gasteiger partial charge in [0.15, 0.2) is 0 Å². The SMILES string of the molecule is O=C(Nc1cc2c(c3c1C(c1cc(F)ccc1Cl)NC3=O)CCNS2(=O)=O)c1cc(F)cc(C(F)(F)F)c1. The second-order valence-electron chi connectivity index (χ2n) is 8.59. The Morgan fingerprint density at radius 2 is 1.79 bits per heavy atom. The van der Waals surface area contributed by atoms with Crippen LogP contribution in [0.3, 0.4) is 0 Å². The van der Waals surface area contributed by atoms with Crippen LogP contribution in [0, 0.1) is 11.6 Å². The number of anilines is 1. The lowest BCUT2D eigenvalue weighted by Crippen LogP contribution is -2.33. The van der Waals surface area contributed by atoms with Gasteiger partial charge in [-0.2, -0.15) is 13.2 Å². The van der Waals surface area contributed by atoms with Crippen molar-refractivity contribution in [2.75, 3.05) is 11.9 Å². The second-order valence-corrected chi connectivity index (χ2v) is 10.7. The van der Waals surface area contributed by atoms with E-state index in [0.29, 0.717) is 12.1 Å². The van der Waals surface area contributed by atoms with Crippen molar-refractivity contribution in [2.45, 2.75) is 23.5 Å². The normalized spacial score (nSPS) is 17.9. The summed E-state index contributed by atoms with van der Waals surface area (Å²) in [7, 11) is -4.12. The zero-order valence-electron chi connectivity index (χ0n) is 18.8. The van der Waals surface area contributed by atoms with Gasteiger partial charge in [0.05, 0.1) is 22.1 Å². The summed E-state index contributed by atoms with van der Waals surface area (Å²) in [5.74, 6) is -3.95. The van der Waals surface area contributed by atoms with Crippen molar-refractivity contribution in [3.8, 4) is 0 Å². The molecule has 2 heterocycles. The maximum Gasteiger partial charge on any atom is 0.416 e. The molecule has 5 rings (SSSR count). The minimum absolute atomic E-state index is 0.0182. The topological polar surface area (TPSA) is 104 Å². The molecule has 2 aliphatic heterocycles. The van der Waals surface area contributed by atoms with Crippen molar-refractivity contribution in [2.24, 2.45) is 0 Å². The Labute approximate surface area is 217 Å². The molecular weight excluding hydrogens is 557 g/mol. The molecule has 0 spiro atoms. The molecule has 198 valence electrons. The van der Waals surface area contributed by atoms with Crippen LogP contribution < -0.4 is 15.4 Å². The molecule has 0 saturated carbocycles. The van der Waals surface area contributed by atoms with E-state index in [2.05, 4.69) is 15.4 Å². The van der Waals surface area contributed by atoms with Crippen LogP contribution >= 0.6 is 11.6 Å². The first-order chi connectivity index (χ1) is 17.8. The number of halogens is 6. The Bertz CT molecular complexity index is 1640. The average molecular weight is 572 g/mol. The molecule has 3 aromatic rings. The van der Waals surface area contributed by atoms with Crippen molar-refractivity contribution < 1.29 is 40.0 Å². The maximum absolute atomic E-state index is 14.1. The quantitative estimate of drug-likeness (QED) is 0.401. The summed E-state index contributed by atoms with van der Waals surface area (Å²) >= 11 is 6.25. The predicted octanol–water partition coefficient (Wildman–Crippen LogP) is 4.56. The maximum atomic E-state index is 14.1. The summed E-state index contributed by atoms with van der Waals surface area (Å²) in [4.78, 5) is 25.8. The highest BCUT2D eigenvalue weighted by molar-refractivity contribution is 7.89. The number of hydrogen-bond donors (Lipinski definition) is 3. The fourth-order valence-corrected chi connectivity index (χ4v) is 6.13. The van der Waals surface area contributed by atoms with Gasteiger partial charge in [0, 0.05) is 33.9 Å². The van der Waals surface area contributed by atoms with Crippen LogP contribution in [0.2, 0.25) is 5.02 Å². The first-order valence-corrected chi connectivity index (χ1v) is 12.8. The van der Waals surface area contributed by atoms with E-state index in [4.69, 9.17) is 11.6 Å². The molecular formula is C24H15ClF5N3O4S. The average Bonchev–Trinajstić information content (AvgIpc) is 3.17. The molecule has 0 aliphatic carbocycles. The van der Waals surface area contributed by atoms with Gasteiger partial charge in [-0.25, -0.2) is 21.9 Å². The van der Waals surface area contributed by atoms with E-state index in [-0.39, 0.29) is 56.9 Å². The number of carbonyl (C=O) groups is 2. The van der Waals surface area contributed by atoms with Crippen molar-refractivity contribution in [1.82, 2.24) is 10.0 Å².